The summed E-state index contributed by atoms with van der Waals surface area (Å²) in [7, 11) is 5.75. The molecule has 5 nitrogen and oxygen atoms in total. The zero-order valence-electron chi connectivity index (χ0n) is 18.0. The third-order valence-electron chi connectivity index (χ3n) is 9.13. The Labute approximate surface area is 172 Å². The molecule has 6 aliphatic rings. The van der Waals surface area contributed by atoms with Crippen LogP contribution < -0.4 is 9.47 Å². The Hall–Kier alpha value is -1.56. The summed E-state index contributed by atoms with van der Waals surface area (Å²) < 4.78 is 18.9. The Balaban J connectivity index is 1.71. The number of nitrogens with zero attached hydrogens (tertiary/aromatic N) is 1. The van der Waals surface area contributed by atoms with E-state index in [4.69, 9.17) is 14.2 Å². The maximum absolute atomic E-state index is 11.2. The van der Waals surface area contributed by atoms with Crippen molar-refractivity contribution in [1.29, 1.82) is 0 Å². The van der Waals surface area contributed by atoms with Gasteiger partial charge in [0.05, 0.1) is 18.1 Å². The van der Waals surface area contributed by atoms with Crippen molar-refractivity contribution in [3.8, 4) is 11.5 Å². The van der Waals surface area contributed by atoms with E-state index in [2.05, 4.69) is 36.2 Å². The van der Waals surface area contributed by atoms with Gasteiger partial charge >= 0.3 is 0 Å². The molecular formula is C24H31NO4. The summed E-state index contributed by atoms with van der Waals surface area (Å²) in [6.07, 6.45) is 7.46. The molecule has 1 aromatic carbocycles. The highest BCUT2D eigenvalue weighted by Crippen LogP contribution is 2.75. The number of piperidine rings is 1. The lowest BCUT2D eigenvalue weighted by Crippen LogP contribution is -2.80. The van der Waals surface area contributed by atoms with Crippen molar-refractivity contribution in [3.05, 3.63) is 35.4 Å². The molecule has 2 fully saturated rings. The molecule has 6 atom stereocenters. The number of fused-ring (bicyclic) bond motifs is 1. The maximum atomic E-state index is 11.2. The van der Waals surface area contributed by atoms with Gasteiger partial charge in [-0.1, -0.05) is 18.2 Å². The highest BCUT2D eigenvalue weighted by atomic mass is 16.6. The molecule has 2 heterocycles. The normalized spacial score (nSPS) is 43.9. The van der Waals surface area contributed by atoms with Gasteiger partial charge < -0.3 is 24.2 Å². The summed E-state index contributed by atoms with van der Waals surface area (Å²) in [4.78, 5) is 2.53. The van der Waals surface area contributed by atoms with Crippen LogP contribution in [0.5, 0.6) is 11.5 Å². The molecule has 0 aromatic heterocycles. The molecule has 0 amide bonds. The molecule has 0 radical (unpaired) electrons. The second-order valence-electron chi connectivity index (χ2n) is 10.4. The number of hydrogen-bond donors (Lipinski definition) is 1. The van der Waals surface area contributed by atoms with Crippen molar-refractivity contribution in [1.82, 2.24) is 4.90 Å². The van der Waals surface area contributed by atoms with Gasteiger partial charge in [-0.05, 0) is 58.3 Å². The number of benzene rings is 1. The number of likely N-dealkylation sites (tertiary alicyclic amines) is 1. The first-order valence-corrected chi connectivity index (χ1v) is 10.8. The van der Waals surface area contributed by atoms with Gasteiger partial charge in [0, 0.05) is 30.0 Å². The number of likely N-dealkylation sites (N-methyl/N-ethyl adjacent to an activating group) is 1. The van der Waals surface area contributed by atoms with Gasteiger partial charge in [0.2, 0.25) is 0 Å². The van der Waals surface area contributed by atoms with Crippen LogP contribution in [-0.4, -0.2) is 61.2 Å². The lowest BCUT2D eigenvalue weighted by atomic mass is 9.36. The minimum Gasteiger partial charge on any atom is -0.493 e. The van der Waals surface area contributed by atoms with E-state index in [-0.39, 0.29) is 22.9 Å². The molecular weight excluding hydrogens is 366 g/mol. The van der Waals surface area contributed by atoms with Gasteiger partial charge in [0.15, 0.2) is 11.5 Å². The molecule has 1 saturated carbocycles. The molecule has 2 spiro atoms. The summed E-state index contributed by atoms with van der Waals surface area (Å²) in [5.41, 5.74) is 1.02. The van der Waals surface area contributed by atoms with Gasteiger partial charge in [0.25, 0.3) is 0 Å². The van der Waals surface area contributed by atoms with E-state index in [0.29, 0.717) is 6.04 Å². The zero-order valence-corrected chi connectivity index (χ0v) is 18.0. The lowest BCUT2D eigenvalue weighted by Gasteiger charge is -2.72. The number of methoxy groups -OCH3 is 2. The molecule has 1 aromatic rings. The highest BCUT2D eigenvalue weighted by Gasteiger charge is 2.80. The van der Waals surface area contributed by atoms with Gasteiger partial charge in [-0.25, -0.2) is 0 Å². The summed E-state index contributed by atoms with van der Waals surface area (Å²) in [6, 6.07) is 4.69. The smallest absolute Gasteiger partial charge is 0.166 e. The van der Waals surface area contributed by atoms with E-state index in [1.54, 1.807) is 14.2 Å². The fourth-order valence-electron chi connectivity index (χ4n) is 8.01. The number of ether oxygens (including phenoxy) is 3. The van der Waals surface area contributed by atoms with E-state index < -0.39 is 11.2 Å². The lowest BCUT2D eigenvalue weighted by molar-refractivity contribution is -0.243. The van der Waals surface area contributed by atoms with E-state index in [1.807, 2.05) is 13.8 Å². The van der Waals surface area contributed by atoms with Gasteiger partial charge in [-0.15, -0.1) is 0 Å². The second kappa shape index (κ2) is 5.19. The first-order chi connectivity index (χ1) is 13.7. The molecule has 0 unspecified atom stereocenters. The largest absolute Gasteiger partial charge is 0.493 e. The maximum Gasteiger partial charge on any atom is 0.166 e. The molecule has 1 saturated heterocycles. The average Bonchev–Trinajstić information content (AvgIpc) is 3.06. The van der Waals surface area contributed by atoms with Crippen molar-refractivity contribution in [3.63, 3.8) is 0 Å². The summed E-state index contributed by atoms with van der Waals surface area (Å²) >= 11 is 0. The van der Waals surface area contributed by atoms with Crippen molar-refractivity contribution in [2.75, 3.05) is 27.8 Å². The van der Waals surface area contributed by atoms with Crippen LogP contribution in [0.4, 0.5) is 0 Å². The quantitative estimate of drug-likeness (QED) is 0.795. The molecule has 7 rings (SSSR count). The van der Waals surface area contributed by atoms with Crippen LogP contribution in [0.1, 0.15) is 37.8 Å². The minimum absolute atomic E-state index is 0.0426. The van der Waals surface area contributed by atoms with Crippen LogP contribution in [0.3, 0.4) is 0 Å². The zero-order chi connectivity index (χ0) is 20.4. The monoisotopic (exact) mass is 397 g/mol. The van der Waals surface area contributed by atoms with Crippen molar-refractivity contribution in [2.24, 2.45) is 11.3 Å². The Morgan fingerprint density at radius 2 is 2.03 bits per heavy atom. The van der Waals surface area contributed by atoms with E-state index in [0.717, 1.165) is 37.3 Å². The minimum atomic E-state index is -0.870. The third-order valence-corrected chi connectivity index (χ3v) is 9.13. The van der Waals surface area contributed by atoms with Crippen LogP contribution in [-0.2, 0) is 16.6 Å². The second-order valence-corrected chi connectivity index (χ2v) is 10.4. The average molecular weight is 398 g/mol. The standard InChI is InChI=1S/C24H31NO4/c1-21(2,26)16-13-22-8-9-24(16,28-5)20-23(22)10-11-25(3)17(22)12-14-6-7-15(27-4)19(29-20)18(14)23/h6-9,16-17,20,26H,10-13H2,1-5H3/t16-,17+,20-,22+,23-,24+/m0/s1. The Kier molecular flexibility index (Phi) is 3.26. The summed E-state index contributed by atoms with van der Waals surface area (Å²) in [5.74, 6) is 1.67. The van der Waals surface area contributed by atoms with Gasteiger partial charge in [0.1, 0.15) is 11.7 Å². The Morgan fingerprint density at radius 3 is 2.72 bits per heavy atom. The molecule has 2 aliphatic heterocycles. The summed E-state index contributed by atoms with van der Waals surface area (Å²) in [6.45, 7) is 4.89. The van der Waals surface area contributed by atoms with Gasteiger partial charge in [-0.3, -0.25) is 0 Å². The first-order valence-electron chi connectivity index (χ1n) is 10.8. The van der Waals surface area contributed by atoms with Crippen molar-refractivity contribution < 1.29 is 19.3 Å². The Bertz CT molecular complexity index is 936. The topological polar surface area (TPSA) is 51.2 Å². The Morgan fingerprint density at radius 1 is 1.24 bits per heavy atom. The first kappa shape index (κ1) is 18.2. The molecule has 4 bridgehead atoms. The van der Waals surface area contributed by atoms with Crippen molar-refractivity contribution in [2.45, 2.75) is 61.9 Å². The number of rotatable bonds is 3. The van der Waals surface area contributed by atoms with Crippen LogP contribution in [0.15, 0.2) is 24.3 Å². The number of hydrogen-bond acceptors (Lipinski definition) is 5. The van der Waals surface area contributed by atoms with E-state index in [9.17, 15) is 5.11 Å². The van der Waals surface area contributed by atoms with E-state index in [1.165, 1.54) is 11.1 Å². The van der Waals surface area contributed by atoms with Gasteiger partial charge in [-0.2, -0.15) is 0 Å². The van der Waals surface area contributed by atoms with Crippen LogP contribution in [0.25, 0.3) is 0 Å². The predicted molar refractivity (Wildman–Crippen MR) is 110 cm³/mol. The summed E-state index contributed by atoms with van der Waals surface area (Å²) in [5, 5.41) is 11.2. The van der Waals surface area contributed by atoms with Crippen LogP contribution >= 0.6 is 0 Å². The predicted octanol–water partition coefficient (Wildman–Crippen LogP) is 2.69. The van der Waals surface area contributed by atoms with Crippen molar-refractivity contribution >= 4 is 0 Å². The van der Waals surface area contributed by atoms with Crippen LogP contribution in [0.2, 0.25) is 0 Å². The molecule has 4 aliphatic carbocycles. The fourth-order valence-corrected chi connectivity index (χ4v) is 8.01. The highest BCUT2D eigenvalue weighted by molar-refractivity contribution is 5.65. The molecule has 156 valence electrons. The third kappa shape index (κ3) is 1.73. The SMILES string of the molecule is COc1ccc2c3c1O[C@@H]1[C@@]4(OC)C=C[C@@]5(C[C@H]4C(C)(C)O)[C@@H](C2)N(C)CC[C@]315. The molecule has 5 heteroatoms. The molecule has 29 heavy (non-hydrogen) atoms. The van der Waals surface area contributed by atoms with Crippen LogP contribution in [0, 0.1) is 11.3 Å². The molecule has 1 N–H and O–H groups in total. The fraction of sp³-hybridized carbons (Fsp3) is 0.667. The van der Waals surface area contributed by atoms with E-state index >= 15 is 0 Å². The number of aliphatic hydroxyl groups is 1.